The van der Waals surface area contributed by atoms with Crippen molar-refractivity contribution in [3.63, 3.8) is 0 Å². The van der Waals surface area contributed by atoms with Crippen LogP contribution in [0.2, 0.25) is 0 Å². The van der Waals surface area contributed by atoms with E-state index in [4.69, 9.17) is 0 Å². The molecule has 0 saturated carbocycles. The fourth-order valence-electron chi connectivity index (χ4n) is 1.99. The Hall–Kier alpha value is -1.20. The van der Waals surface area contributed by atoms with Crippen molar-refractivity contribution in [3.8, 4) is 0 Å². The molecule has 0 aliphatic carbocycles. The van der Waals surface area contributed by atoms with Gasteiger partial charge < -0.3 is 14.4 Å². The molecule has 1 aliphatic rings. The molecule has 0 amide bonds. The maximum Gasteiger partial charge on any atom is 0.185 e. The van der Waals surface area contributed by atoms with Crippen LogP contribution in [-0.4, -0.2) is 65.9 Å². The summed E-state index contributed by atoms with van der Waals surface area (Å²) in [6.07, 6.45) is 2.51. The zero-order chi connectivity index (χ0) is 14.4. The highest BCUT2D eigenvalue weighted by molar-refractivity contribution is 5.69. The third kappa shape index (κ3) is 4.76. The highest BCUT2D eigenvalue weighted by Crippen LogP contribution is 2.13. The Morgan fingerprint density at radius 2 is 1.58 bits per heavy atom. The summed E-state index contributed by atoms with van der Waals surface area (Å²) < 4.78 is 1.82. The van der Waals surface area contributed by atoms with E-state index in [0.717, 1.165) is 12.0 Å². The van der Waals surface area contributed by atoms with E-state index in [1.807, 2.05) is 11.6 Å². The number of nitrogens with zero attached hydrogens (tertiary/aromatic N) is 4. The normalized spacial score (nSPS) is 17.2. The fourth-order valence-corrected chi connectivity index (χ4v) is 1.99. The number of piperazine rings is 1. The van der Waals surface area contributed by atoms with Gasteiger partial charge in [0.1, 0.15) is 0 Å². The van der Waals surface area contributed by atoms with Gasteiger partial charge >= 0.3 is 0 Å². The van der Waals surface area contributed by atoms with Crippen LogP contribution < -0.4 is 0 Å². The van der Waals surface area contributed by atoms with E-state index in [1.165, 1.54) is 26.2 Å². The van der Waals surface area contributed by atoms with Gasteiger partial charge in [-0.05, 0) is 20.0 Å². The molecule has 0 N–H and O–H groups in total. The van der Waals surface area contributed by atoms with Crippen LogP contribution in [-0.2, 0) is 7.05 Å². The summed E-state index contributed by atoms with van der Waals surface area (Å²) in [6, 6.07) is 0. The number of aldehydes is 1. The van der Waals surface area contributed by atoms with E-state index in [2.05, 4.69) is 42.7 Å². The summed E-state index contributed by atoms with van der Waals surface area (Å²) in [5.74, 6) is 0.912. The van der Waals surface area contributed by atoms with Crippen LogP contribution in [0.3, 0.4) is 0 Å². The Morgan fingerprint density at radius 1 is 1.11 bits per heavy atom. The Kier molecular flexibility index (Phi) is 6.18. The highest BCUT2D eigenvalue weighted by Gasteiger charge is 2.08. The third-order valence-corrected chi connectivity index (χ3v) is 3.48. The van der Waals surface area contributed by atoms with E-state index >= 15 is 0 Å². The van der Waals surface area contributed by atoms with Crippen molar-refractivity contribution in [2.45, 2.75) is 19.8 Å². The molecule has 1 aromatic heterocycles. The van der Waals surface area contributed by atoms with Gasteiger partial charge in [0, 0.05) is 45.1 Å². The minimum Gasteiger partial charge on any atom is -0.329 e. The van der Waals surface area contributed by atoms with Gasteiger partial charge in [-0.2, -0.15) is 0 Å². The van der Waals surface area contributed by atoms with E-state index in [0.29, 0.717) is 11.7 Å². The van der Waals surface area contributed by atoms with Gasteiger partial charge in [0.2, 0.25) is 0 Å². The van der Waals surface area contributed by atoms with Crippen LogP contribution in [0.5, 0.6) is 0 Å². The van der Waals surface area contributed by atoms with Gasteiger partial charge in [-0.25, -0.2) is 4.98 Å². The number of carbonyl (C=O) groups is 1. The standard InChI is InChI=1S/C8H12N2O.C6H14N2/c1-6(2)7-4-9-8(5-11)10(7)3;1-7-3-5-8(2)6-4-7/h4-6H,1-3H3;3-6H2,1-2H3. The molecule has 108 valence electrons. The van der Waals surface area contributed by atoms with Crippen molar-refractivity contribution >= 4 is 6.29 Å². The van der Waals surface area contributed by atoms with Gasteiger partial charge in [0.25, 0.3) is 0 Å². The number of rotatable bonds is 2. The number of hydrogen-bond donors (Lipinski definition) is 0. The predicted molar refractivity (Wildman–Crippen MR) is 77.7 cm³/mol. The zero-order valence-electron chi connectivity index (χ0n) is 12.8. The maximum atomic E-state index is 10.4. The lowest BCUT2D eigenvalue weighted by atomic mass is 10.1. The van der Waals surface area contributed by atoms with Crippen LogP contribution in [0.25, 0.3) is 0 Å². The largest absolute Gasteiger partial charge is 0.329 e. The summed E-state index contributed by atoms with van der Waals surface area (Å²) >= 11 is 0. The van der Waals surface area contributed by atoms with Crippen molar-refractivity contribution in [3.05, 3.63) is 17.7 Å². The molecule has 0 spiro atoms. The Balaban J connectivity index is 0.000000200. The quantitative estimate of drug-likeness (QED) is 0.755. The summed E-state index contributed by atoms with van der Waals surface area (Å²) in [4.78, 5) is 19.1. The minimum absolute atomic E-state index is 0.418. The average Bonchev–Trinajstić information content (AvgIpc) is 2.75. The third-order valence-electron chi connectivity index (χ3n) is 3.48. The van der Waals surface area contributed by atoms with Crippen molar-refractivity contribution in [2.24, 2.45) is 7.05 Å². The first-order chi connectivity index (χ1) is 8.95. The molecule has 0 atom stereocenters. The van der Waals surface area contributed by atoms with Gasteiger partial charge in [-0.1, -0.05) is 13.8 Å². The first-order valence-corrected chi connectivity index (χ1v) is 6.79. The van der Waals surface area contributed by atoms with E-state index in [-0.39, 0.29) is 0 Å². The fraction of sp³-hybridized carbons (Fsp3) is 0.714. The first kappa shape index (κ1) is 15.9. The van der Waals surface area contributed by atoms with E-state index in [1.54, 1.807) is 6.20 Å². The lowest BCUT2D eigenvalue weighted by Crippen LogP contribution is -2.42. The summed E-state index contributed by atoms with van der Waals surface area (Å²) in [6.45, 7) is 9.08. The zero-order valence-corrected chi connectivity index (χ0v) is 12.8. The Morgan fingerprint density at radius 3 is 1.84 bits per heavy atom. The van der Waals surface area contributed by atoms with Crippen molar-refractivity contribution < 1.29 is 4.79 Å². The lowest BCUT2D eigenvalue weighted by Gasteiger charge is -2.28. The van der Waals surface area contributed by atoms with Crippen LogP contribution in [0, 0.1) is 0 Å². The van der Waals surface area contributed by atoms with Gasteiger partial charge in [-0.15, -0.1) is 0 Å². The van der Waals surface area contributed by atoms with Gasteiger partial charge in [0.15, 0.2) is 12.1 Å². The minimum atomic E-state index is 0.418. The molecule has 0 bridgehead atoms. The number of hydrogen-bond acceptors (Lipinski definition) is 4. The summed E-state index contributed by atoms with van der Waals surface area (Å²) in [5.41, 5.74) is 1.09. The number of imidazole rings is 1. The molecule has 1 aliphatic heterocycles. The molecule has 1 saturated heterocycles. The topological polar surface area (TPSA) is 41.4 Å². The summed E-state index contributed by atoms with van der Waals surface area (Å²) in [5, 5.41) is 0. The second-order valence-electron chi connectivity index (χ2n) is 5.48. The number of aromatic nitrogens is 2. The lowest BCUT2D eigenvalue weighted by molar-refractivity contribution is 0.111. The second-order valence-corrected chi connectivity index (χ2v) is 5.48. The molecule has 0 radical (unpaired) electrons. The van der Waals surface area contributed by atoms with E-state index in [9.17, 15) is 4.79 Å². The molecular formula is C14H26N4O. The average molecular weight is 266 g/mol. The highest BCUT2D eigenvalue weighted by atomic mass is 16.1. The van der Waals surface area contributed by atoms with Crippen molar-refractivity contribution in [1.82, 2.24) is 19.4 Å². The summed E-state index contributed by atoms with van der Waals surface area (Å²) in [7, 11) is 6.20. The van der Waals surface area contributed by atoms with Gasteiger partial charge in [0.05, 0.1) is 0 Å². The van der Waals surface area contributed by atoms with Crippen LogP contribution in [0.15, 0.2) is 6.20 Å². The predicted octanol–water partition coefficient (Wildman–Crippen LogP) is 1.22. The molecule has 0 aromatic carbocycles. The molecular weight excluding hydrogens is 240 g/mol. The molecule has 0 unspecified atom stereocenters. The van der Waals surface area contributed by atoms with Gasteiger partial charge in [-0.3, -0.25) is 4.79 Å². The van der Waals surface area contributed by atoms with E-state index < -0.39 is 0 Å². The molecule has 1 aromatic rings. The number of likely N-dealkylation sites (N-methyl/N-ethyl adjacent to an activating group) is 2. The first-order valence-electron chi connectivity index (χ1n) is 6.79. The molecule has 19 heavy (non-hydrogen) atoms. The van der Waals surface area contributed by atoms with Crippen molar-refractivity contribution in [2.75, 3.05) is 40.3 Å². The van der Waals surface area contributed by atoms with Crippen LogP contribution in [0.1, 0.15) is 36.1 Å². The van der Waals surface area contributed by atoms with Crippen LogP contribution in [0.4, 0.5) is 0 Å². The number of carbonyl (C=O) groups excluding carboxylic acids is 1. The maximum absolute atomic E-state index is 10.4. The molecule has 5 nitrogen and oxygen atoms in total. The molecule has 5 heteroatoms. The Bertz CT molecular complexity index is 382. The second kappa shape index (κ2) is 7.40. The molecule has 1 fully saturated rings. The molecule has 2 heterocycles. The van der Waals surface area contributed by atoms with Crippen LogP contribution >= 0.6 is 0 Å². The smallest absolute Gasteiger partial charge is 0.185 e. The molecule has 2 rings (SSSR count). The SMILES string of the molecule is CC(C)c1cnc(C=O)n1C.CN1CCN(C)CC1. The van der Waals surface area contributed by atoms with Crippen molar-refractivity contribution in [1.29, 1.82) is 0 Å². The monoisotopic (exact) mass is 266 g/mol. The Labute approximate surface area is 116 Å².